The Hall–Kier alpha value is -1.06. The number of ether oxygens (including phenoxy) is 1. The highest BCUT2D eigenvalue weighted by Gasteiger charge is 2.35. The maximum atomic E-state index is 10.1. The molecule has 1 aliphatic heterocycles. The molecule has 3 heteroatoms. The second-order valence-electron chi connectivity index (χ2n) is 4.50. The Morgan fingerprint density at radius 1 is 1.44 bits per heavy atom. The van der Waals surface area contributed by atoms with E-state index >= 15 is 0 Å². The van der Waals surface area contributed by atoms with Crippen LogP contribution in [0.4, 0.5) is 0 Å². The number of aryl methyl sites for hydroxylation is 1. The fourth-order valence-electron chi connectivity index (χ4n) is 2.08. The minimum Gasteiger partial charge on any atom is -0.496 e. The second-order valence-corrected chi connectivity index (χ2v) is 4.50. The molecule has 0 saturated carbocycles. The van der Waals surface area contributed by atoms with Crippen LogP contribution in [0.2, 0.25) is 0 Å². The molecule has 0 atom stereocenters. The van der Waals surface area contributed by atoms with Gasteiger partial charge < -0.3 is 15.2 Å². The smallest absolute Gasteiger partial charge is 0.122 e. The van der Waals surface area contributed by atoms with Gasteiger partial charge in [0.15, 0.2) is 0 Å². The molecule has 0 aromatic heterocycles. The molecule has 0 aliphatic carbocycles. The lowest BCUT2D eigenvalue weighted by atomic mass is 9.88. The Balaban J connectivity index is 2.22. The molecule has 0 spiro atoms. The first-order chi connectivity index (χ1) is 7.67. The van der Waals surface area contributed by atoms with E-state index < -0.39 is 5.60 Å². The van der Waals surface area contributed by atoms with Crippen molar-refractivity contribution in [1.29, 1.82) is 0 Å². The summed E-state index contributed by atoms with van der Waals surface area (Å²) in [6.07, 6.45) is 1.67. The van der Waals surface area contributed by atoms with Crippen LogP contribution >= 0.6 is 0 Å². The van der Waals surface area contributed by atoms with Crippen LogP contribution in [0.5, 0.6) is 5.75 Å². The number of hydrogen-bond donors (Lipinski definition) is 2. The van der Waals surface area contributed by atoms with Crippen LogP contribution in [0, 0.1) is 0 Å². The summed E-state index contributed by atoms with van der Waals surface area (Å²) in [5.41, 5.74) is 1.80. The molecule has 0 radical (unpaired) electrons. The van der Waals surface area contributed by atoms with Crippen LogP contribution in [0.25, 0.3) is 0 Å². The largest absolute Gasteiger partial charge is 0.496 e. The van der Waals surface area contributed by atoms with Crippen LogP contribution in [-0.2, 0) is 12.8 Å². The molecule has 0 bridgehead atoms. The van der Waals surface area contributed by atoms with Gasteiger partial charge in [0.25, 0.3) is 0 Å². The zero-order valence-corrected chi connectivity index (χ0v) is 9.92. The molecule has 1 aromatic rings. The van der Waals surface area contributed by atoms with Crippen molar-refractivity contribution in [2.24, 2.45) is 0 Å². The van der Waals surface area contributed by atoms with Gasteiger partial charge in [-0.3, -0.25) is 0 Å². The van der Waals surface area contributed by atoms with Crippen molar-refractivity contribution in [3.05, 3.63) is 29.3 Å². The lowest BCUT2D eigenvalue weighted by molar-refractivity contribution is -0.00944. The Labute approximate surface area is 96.4 Å². The van der Waals surface area contributed by atoms with E-state index in [2.05, 4.69) is 24.4 Å². The minimum absolute atomic E-state index is 0.584. The molecule has 3 nitrogen and oxygen atoms in total. The molecular formula is C13H19NO2. The minimum atomic E-state index is -0.584. The van der Waals surface area contributed by atoms with Crippen molar-refractivity contribution in [2.45, 2.75) is 25.4 Å². The summed E-state index contributed by atoms with van der Waals surface area (Å²) in [6.45, 7) is 3.48. The van der Waals surface area contributed by atoms with Gasteiger partial charge in [0, 0.05) is 19.5 Å². The SMILES string of the molecule is CCc1ccc(OC)c(CC2(O)CNC2)c1. The van der Waals surface area contributed by atoms with E-state index in [9.17, 15) is 5.11 Å². The van der Waals surface area contributed by atoms with Crippen LogP contribution in [0.15, 0.2) is 18.2 Å². The quantitative estimate of drug-likeness (QED) is 0.801. The van der Waals surface area contributed by atoms with E-state index in [0.29, 0.717) is 19.5 Å². The molecule has 88 valence electrons. The van der Waals surface area contributed by atoms with Gasteiger partial charge in [-0.25, -0.2) is 0 Å². The van der Waals surface area contributed by atoms with Crippen molar-refractivity contribution >= 4 is 0 Å². The number of methoxy groups -OCH3 is 1. The van der Waals surface area contributed by atoms with Gasteiger partial charge in [0.2, 0.25) is 0 Å². The topological polar surface area (TPSA) is 41.5 Å². The van der Waals surface area contributed by atoms with Crippen LogP contribution < -0.4 is 10.1 Å². The van der Waals surface area contributed by atoms with E-state index in [-0.39, 0.29) is 0 Å². The highest BCUT2D eigenvalue weighted by Crippen LogP contribution is 2.26. The number of rotatable bonds is 4. The van der Waals surface area contributed by atoms with Crippen LogP contribution in [0.3, 0.4) is 0 Å². The summed E-state index contributed by atoms with van der Waals surface area (Å²) in [7, 11) is 1.67. The molecule has 1 fully saturated rings. The normalized spacial score (nSPS) is 17.9. The maximum absolute atomic E-state index is 10.1. The monoisotopic (exact) mass is 221 g/mol. The van der Waals surface area contributed by atoms with Crippen LogP contribution in [-0.4, -0.2) is 30.9 Å². The molecular weight excluding hydrogens is 202 g/mol. The third-order valence-electron chi connectivity index (χ3n) is 3.18. The predicted octanol–water partition coefficient (Wildman–Crippen LogP) is 1.13. The molecule has 2 N–H and O–H groups in total. The fraction of sp³-hybridized carbons (Fsp3) is 0.538. The standard InChI is InChI=1S/C13H19NO2/c1-3-10-4-5-12(16-2)11(6-10)7-13(15)8-14-9-13/h4-6,14-15H,3,7-9H2,1-2H3. The zero-order valence-electron chi connectivity index (χ0n) is 9.92. The number of nitrogens with one attached hydrogen (secondary N) is 1. The molecule has 1 aromatic carbocycles. The highest BCUT2D eigenvalue weighted by molar-refractivity contribution is 5.38. The van der Waals surface area contributed by atoms with Gasteiger partial charge in [-0.05, 0) is 23.6 Å². The lowest BCUT2D eigenvalue weighted by Gasteiger charge is -2.38. The first kappa shape index (κ1) is 11.4. The summed E-state index contributed by atoms with van der Waals surface area (Å²) >= 11 is 0. The first-order valence-corrected chi connectivity index (χ1v) is 5.76. The van der Waals surface area contributed by atoms with Gasteiger partial charge in [0.1, 0.15) is 5.75 Å². The van der Waals surface area contributed by atoms with Gasteiger partial charge >= 0.3 is 0 Å². The maximum Gasteiger partial charge on any atom is 0.122 e. The van der Waals surface area contributed by atoms with Crippen molar-refractivity contribution in [3.8, 4) is 5.75 Å². The van der Waals surface area contributed by atoms with Gasteiger partial charge in [-0.1, -0.05) is 19.1 Å². The third-order valence-corrected chi connectivity index (χ3v) is 3.18. The zero-order chi connectivity index (χ0) is 11.6. The van der Waals surface area contributed by atoms with Crippen molar-refractivity contribution in [3.63, 3.8) is 0 Å². The Bertz CT molecular complexity index is 372. The van der Waals surface area contributed by atoms with E-state index in [1.54, 1.807) is 7.11 Å². The van der Waals surface area contributed by atoms with Gasteiger partial charge in [-0.2, -0.15) is 0 Å². The molecule has 1 heterocycles. The van der Waals surface area contributed by atoms with Crippen molar-refractivity contribution in [1.82, 2.24) is 5.32 Å². The Kier molecular flexibility index (Phi) is 3.17. The van der Waals surface area contributed by atoms with E-state index in [1.165, 1.54) is 5.56 Å². The Morgan fingerprint density at radius 3 is 2.69 bits per heavy atom. The summed E-state index contributed by atoms with van der Waals surface area (Å²) in [5.74, 6) is 0.873. The highest BCUT2D eigenvalue weighted by atomic mass is 16.5. The number of hydrogen-bond acceptors (Lipinski definition) is 3. The van der Waals surface area contributed by atoms with Gasteiger partial charge in [-0.15, -0.1) is 0 Å². The summed E-state index contributed by atoms with van der Waals surface area (Å²) in [4.78, 5) is 0. The predicted molar refractivity (Wildman–Crippen MR) is 63.9 cm³/mol. The number of aliphatic hydroxyl groups is 1. The fourth-order valence-corrected chi connectivity index (χ4v) is 2.08. The average Bonchev–Trinajstić information content (AvgIpc) is 2.27. The molecule has 2 rings (SSSR count). The van der Waals surface area contributed by atoms with Crippen LogP contribution in [0.1, 0.15) is 18.1 Å². The summed E-state index contributed by atoms with van der Waals surface area (Å²) in [6, 6.07) is 6.20. The molecule has 16 heavy (non-hydrogen) atoms. The van der Waals surface area contributed by atoms with E-state index in [4.69, 9.17) is 4.74 Å². The van der Waals surface area contributed by atoms with Crippen molar-refractivity contribution < 1.29 is 9.84 Å². The van der Waals surface area contributed by atoms with Crippen molar-refractivity contribution in [2.75, 3.05) is 20.2 Å². The van der Waals surface area contributed by atoms with E-state index in [0.717, 1.165) is 17.7 Å². The molecule has 0 amide bonds. The molecule has 0 unspecified atom stereocenters. The van der Waals surface area contributed by atoms with E-state index in [1.807, 2.05) is 6.07 Å². The number of benzene rings is 1. The molecule has 1 aliphatic rings. The number of β-amino-alcohol motifs (C(OH)–C–C–N with tert-alkyl or cyclic N) is 1. The van der Waals surface area contributed by atoms with Gasteiger partial charge in [0.05, 0.1) is 12.7 Å². The summed E-state index contributed by atoms with van der Waals surface area (Å²) in [5, 5.41) is 13.2. The third kappa shape index (κ3) is 2.20. The molecule has 1 saturated heterocycles. The average molecular weight is 221 g/mol. The first-order valence-electron chi connectivity index (χ1n) is 5.76. The summed E-state index contributed by atoms with van der Waals surface area (Å²) < 4.78 is 5.33. The Morgan fingerprint density at radius 2 is 2.19 bits per heavy atom. The second kappa shape index (κ2) is 4.44. The lowest BCUT2D eigenvalue weighted by Crippen LogP contribution is -2.60.